The lowest BCUT2D eigenvalue weighted by molar-refractivity contribution is -0.0193. The smallest absolute Gasteiger partial charge is 0.381 e. The van der Waals surface area contributed by atoms with Crippen molar-refractivity contribution in [2.24, 2.45) is 0 Å². The maximum absolute atomic E-state index is 12.2. The van der Waals surface area contributed by atoms with Crippen molar-refractivity contribution in [3.05, 3.63) is 0 Å². The lowest BCUT2D eigenvalue weighted by atomic mass is 10.0. The summed E-state index contributed by atoms with van der Waals surface area (Å²) in [6, 6.07) is 0. The predicted molar refractivity (Wildman–Crippen MR) is 255 cm³/mol. The summed E-state index contributed by atoms with van der Waals surface area (Å²) >= 11 is 0. The fourth-order valence-electron chi connectivity index (χ4n) is 7.00. The van der Waals surface area contributed by atoms with Crippen LogP contribution >= 0.6 is 15.9 Å². The maximum Gasteiger partial charge on any atom is 0.697 e. The van der Waals surface area contributed by atoms with E-state index in [0.29, 0.717) is 19.8 Å². The van der Waals surface area contributed by atoms with Crippen LogP contribution in [0.2, 0.25) is 0 Å². The highest BCUT2D eigenvalue weighted by Crippen LogP contribution is 2.51. The number of methoxy groups -OCH3 is 2. The van der Waals surface area contributed by atoms with E-state index in [4.69, 9.17) is 32.5 Å². The summed E-state index contributed by atoms with van der Waals surface area (Å²) in [7, 11) is 0.247. The van der Waals surface area contributed by atoms with E-state index in [0.717, 1.165) is 19.4 Å². The second-order valence-electron chi connectivity index (χ2n) is 16.8. The first kappa shape index (κ1) is 63.1. The molecule has 0 saturated heterocycles. The predicted octanol–water partition coefficient (Wildman–Crippen LogP) is 15.1. The molecule has 0 rings (SSSR count). The molecule has 61 heavy (non-hydrogen) atoms. The summed E-state index contributed by atoms with van der Waals surface area (Å²) in [6.07, 6.45) is 43.1. The summed E-state index contributed by atoms with van der Waals surface area (Å²) in [5, 5.41) is 9.51. The topological polar surface area (TPSA) is 128 Å². The van der Waals surface area contributed by atoms with E-state index < -0.39 is 21.7 Å². The van der Waals surface area contributed by atoms with E-state index in [1.54, 1.807) is 14.2 Å². The number of aliphatic hydroxyl groups is 1. The Bertz CT molecular complexity index is 915. The first-order valence-electron chi connectivity index (χ1n) is 25.1. The van der Waals surface area contributed by atoms with Gasteiger partial charge in [0.15, 0.2) is 5.85 Å². The van der Waals surface area contributed by atoms with Gasteiger partial charge in [0.05, 0.1) is 26.9 Å². The van der Waals surface area contributed by atoms with Crippen LogP contribution < -0.4 is 0 Å². The van der Waals surface area contributed by atoms with Crippen LogP contribution in [0.4, 0.5) is 0 Å². The van der Waals surface area contributed by atoms with Gasteiger partial charge in [-0.25, -0.2) is 0 Å². The van der Waals surface area contributed by atoms with Gasteiger partial charge in [0.2, 0.25) is 0 Å². The largest absolute Gasteiger partial charge is 0.697 e. The van der Waals surface area contributed by atoms with Gasteiger partial charge in [0, 0.05) is 39.1 Å². The van der Waals surface area contributed by atoms with Crippen LogP contribution in [0, 0.1) is 0 Å². The first-order valence-corrected chi connectivity index (χ1v) is 27.8. The third kappa shape index (κ3) is 46.3. The third-order valence-corrected chi connectivity index (χ3v) is 13.8. The van der Waals surface area contributed by atoms with E-state index in [2.05, 4.69) is 18.4 Å². The molecule has 0 fully saturated rings. The Kier molecular flexibility index (Phi) is 52.7. The van der Waals surface area contributed by atoms with Crippen LogP contribution in [-0.2, 0) is 46.2 Å². The number of hydrogen-bond acceptors (Lipinski definition) is 11. The van der Waals surface area contributed by atoms with Gasteiger partial charge in [0.25, 0.3) is 0 Å². The highest BCUT2D eigenvalue weighted by molar-refractivity contribution is 7.54. The Morgan fingerprint density at radius 3 is 1.02 bits per heavy atom. The van der Waals surface area contributed by atoms with Crippen molar-refractivity contribution in [2.75, 3.05) is 68.1 Å². The molecule has 0 aliphatic heterocycles. The molecular formula is C48H101O11P2+. The normalized spacial score (nSPS) is 14.3. The van der Waals surface area contributed by atoms with E-state index >= 15 is 0 Å². The van der Waals surface area contributed by atoms with Crippen LogP contribution in [0.1, 0.15) is 226 Å². The van der Waals surface area contributed by atoms with Gasteiger partial charge in [-0.05, 0) is 19.8 Å². The average molecular weight is 916 g/mol. The van der Waals surface area contributed by atoms with E-state index in [9.17, 15) is 14.2 Å². The summed E-state index contributed by atoms with van der Waals surface area (Å²) in [4.78, 5) is 0. The van der Waals surface area contributed by atoms with Crippen LogP contribution in [0.3, 0.4) is 0 Å². The molecule has 368 valence electrons. The minimum Gasteiger partial charge on any atom is -0.381 e. The van der Waals surface area contributed by atoms with Gasteiger partial charge in [-0.3, -0.25) is 4.57 Å². The number of rotatable bonds is 49. The minimum absolute atomic E-state index is 0.0610. The fraction of sp³-hybridized carbons (Fsp3) is 1.00. The first-order chi connectivity index (χ1) is 29.7. The molecule has 0 radical (unpaired) electrons. The zero-order chi connectivity index (χ0) is 45.3. The van der Waals surface area contributed by atoms with Crippen LogP contribution in [0.5, 0.6) is 0 Å². The zero-order valence-corrected chi connectivity index (χ0v) is 42.8. The Morgan fingerprint density at radius 2 is 0.754 bits per heavy atom. The molecule has 0 aromatic carbocycles. The Hall–Kier alpha value is -0.0300. The zero-order valence-electron chi connectivity index (χ0n) is 41.0. The molecule has 0 aliphatic carbocycles. The van der Waals surface area contributed by atoms with Gasteiger partial charge >= 0.3 is 15.9 Å². The second-order valence-corrected chi connectivity index (χ2v) is 20.3. The highest BCUT2D eigenvalue weighted by Gasteiger charge is 2.31. The van der Waals surface area contributed by atoms with Crippen molar-refractivity contribution in [3.8, 4) is 0 Å². The third-order valence-electron chi connectivity index (χ3n) is 11.2. The summed E-state index contributed by atoms with van der Waals surface area (Å²) in [5.74, 6) is -1.17. The van der Waals surface area contributed by atoms with Gasteiger partial charge < -0.3 is 33.1 Å². The fourth-order valence-corrected chi connectivity index (χ4v) is 8.39. The molecule has 0 saturated carbocycles. The minimum atomic E-state index is -3.50. The molecule has 11 nitrogen and oxygen atoms in total. The van der Waals surface area contributed by atoms with Crippen molar-refractivity contribution in [3.63, 3.8) is 0 Å². The Morgan fingerprint density at radius 1 is 0.459 bits per heavy atom. The van der Waals surface area contributed by atoms with Crippen LogP contribution in [0.15, 0.2) is 0 Å². The molecule has 0 aromatic rings. The average Bonchev–Trinajstić information content (AvgIpc) is 3.27. The lowest BCUT2D eigenvalue weighted by Crippen LogP contribution is -2.25. The van der Waals surface area contributed by atoms with Crippen LogP contribution in [0.25, 0.3) is 0 Å². The number of hydrogen-bond donors (Lipinski definition) is 1. The van der Waals surface area contributed by atoms with Gasteiger partial charge in [0.1, 0.15) is 18.8 Å². The SMILES string of the molecule is CCCCCCCCCCCCCCCCCCOC[C@H](COP(=O)(OC)C(C)O)OC.CCCCCCCCCCCCCCCCCCOC[C@H](CO[P+](=O)OC)OC. The number of aliphatic hydroxyl groups excluding tert-OH is 1. The van der Waals surface area contributed by atoms with Gasteiger partial charge in [-0.2, -0.15) is 0 Å². The maximum atomic E-state index is 12.2. The Balaban J connectivity index is 0. The van der Waals surface area contributed by atoms with E-state index in [-0.39, 0.29) is 25.4 Å². The molecule has 0 heterocycles. The van der Waals surface area contributed by atoms with Crippen molar-refractivity contribution < 1.29 is 51.3 Å². The molecule has 0 aliphatic rings. The molecule has 5 atom stereocenters. The second kappa shape index (κ2) is 51.0. The molecule has 3 unspecified atom stereocenters. The van der Waals surface area contributed by atoms with Crippen LogP contribution in [-0.4, -0.2) is 91.2 Å². The van der Waals surface area contributed by atoms with Crippen molar-refractivity contribution in [1.29, 1.82) is 0 Å². The molecule has 0 aromatic heterocycles. The molecule has 1 N–H and O–H groups in total. The lowest BCUT2D eigenvalue weighted by Gasteiger charge is -2.22. The molecule has 13 heteroatoms. The molecule has 0 amide bonds. The summed E-state index contributed by atoms with van der Waals surface area (Å²) in [5.41, 5.74) is 0. The number of unbranched alkanes of at least 4 members (excludes halogenated alkanes) is 30. The Labute approximate surface area is 378 Å². The quantitative estimate of drug-likeness (QED) is 0.0463. The molecular weight excluding hydrogens is 814 g/mol. The summed E-state index contributed by atoms with van der Waals surface area (Å²) < 4.78 is 64.7. The number of ether oxygens (including phenoxy) is 4. The molecule has 0 spiro atoms. The monoisotopic (exact) mass is 916 g/mol. The molecule has 0 bridgehead atoms. The van der Waals surface area contributed by atoms with E-state index in [1.807, 2.05) is 0 Å². The van der Waals surface area contributed by atoms with Gasteiger partial charge in [-0.1, -0.05) is 206 Å². The standard InChI is InChI=1S/C25H53O6P.C23H48O5P/c1-5-6-7-8-9-10-11-12-13-14-15-16-17-18-19-20-21-30-22-25(28-3)23-31-32(27,29-4)24(2)26;1-4-5-6-7-8-9-10-11-12-13-14-15-16-17-18-19-20-27-21-23(25-2)22-28-29(24)26-3/h24-26H,5-23H2,1-4H3;23H,4-22H2,1-3H3/q;+1/t24?,25-,32?;23-/m11/s1. The van der Waals surface area contributed by atoms with Crippen molar-refractivity contribution in [2.45, 2.75) is 244 Å². The van der Waals surface area contributed by atoms with E-state index in [1.165, 1.54) is 214 Å². The van der Waals surface area contributed by atoms with Crippen molar-refractivity contribution >= 4 is 15.9 Å². The van der Waals surface area contributed by atoms with Crippen molar-refractivity contribution in [1.82, 2.24) is 0 Å². The summed E-state index contributed by atoms with van der Waals surface area (Å²) in [6.45, 7) is 8.50. The highest BCUT2D eigenvalue weighted by atomic mass is 31.2. The van der Waals surface area contributed by atoms with Gasteiger partial charge in [-0.15, -0.1) is 9.05 Å².